The second-order valence-electron chi connectivity index (χ2n) is 6.24. The summed E-state index contributed by atoms with van der Waals surface area (Å²) in [5.41, 5.74) is -1.38. The molecular weight excluding hydrogens is 435 g/mol. The first-order valence-corrected chi connectivity index (χ1v) is 10.6. The van der Waals surface area contributed by atoms with Gasteiger partial charge < -0.3 is 10.6 Å². The maximum Gasteiger partial charge on any atom is 0.234 e. The van der Waals surface area contributed by atoms with Crippen LogP contribution in [0.2, 0.25) is 0 Å². The van der Waals surface area contributed by atoms with Crippen molar-refractivity contribution in [3.05, 3.63) is 29.1 Å². The van der Waals surface area contributed by atoms with E-state index in [4.69, 9.17) is 0 Å². The number of nitrogens with one attached hydrogen (secondary N) is 2. The van der Waals surface area contributed by atoms with Crippen LogP contribution in [0.4, 0.5) is 32.8 Å². The highest BCUT2D eigenvalue weighted by atomic mass is 32.2. The van der Waals surface area contributed by atoms with Gasteiger partial charge in [-0.05, 0) is 18.8 Å². The topological polar surface area (TPSA) is 66.9 Å². The summed E-state index contributed by atoms with van der Waals surface area (Å²) < 4.78 is 66.9. The van der Waals surface area contributed by atoms with Crippen LogP contribution < -0.4 is 10.6 Å². The molecule has 29 heavy (non-hydrogen) atoms. The van der Waals surface area contributed by atoms with E-state index >= 15 is 0 Å². The van der Waals surface area contributed by atoms with Gasteiger partial charge in [-0.15, -0.1) is 10.2 Å². The Kier molecular flexibility index (Phi) is 8.62. The van der Waals surface area contributed by atoms with Crippen molar-refractivity contribution in [2.45, 2.75) is 37.4 Å². The van der Waals surface area contributed by atoms with Gasteiger partial charge in [0.05, 0.1) is 5.75 Å². The smallest absolute Gasteiger partial charge is 0.234 e. The number of thioether (sulfide) groups is 1. The molecule has 12 heteroatoms. The van der Waals surface area contributed by atoms with E-state index in [1.54, 1.807) is 5.32 Å². The van der Waals surface area contributed by atoms with Gasteiger partial charge in [-0.3, -0.25) is 4.79 Å². The molecule has 1 aromatic heterocycles. The lowest BCUT2D eigenvalue weighted by Gasteiger charge is -2.09. The second-order valence-corrected chi connectivity index (χ2v) is 8.44. The first-order valence-electron chi connectivity index (χ1n) is 8.76. The number of amides is 1. The van der Waals surface area contributed by atoms with Crippen molar-refractivity contribution in [2.24, 2.45) is 5.92 Å². The first-order chi connectivity index (χ1) is 13.7. The molecule has 0 spiro atoms. The molecule has 1 aromatic carbocycles. The summed E-state index contributed by atoms with van der Waals surface area (Å²) in [6.07, 6.45) is 3.18. The van der Waals surface area contributed by atoms with Crippen LogP contribution in [0.5, 0.6) is 0 Å². The van der Waals surface area contributed by atoms with E-state index in [9.17, 15) is 26.7 Å². The Bertz CT molecular complexity index is 836. The molecule has 0 bridgehead atoms. The number of carbonyl (C=O) groups excluding carboxylic acids is 1. The molecule has 0 saturated carbocycles. The summed E-state index contributed by atoms with van der Waals surface area (Å²) >= 11 is 2.12. The van der Waals surface area contributed by atoms with Crippen LogP contribution in [0.25, 0.3) is 0 Å². The van der Waals surface area contributed by atoms with E-state index in [2.05, 4.69) is 29.4 Å². The number of anilines is 2. The summed E-state index contributed by atoms with van der Waals surface area (Å²) in [5, 5.41) is 13.2. The maximum absolute atomic E-state index is 13.6. The Hall–Kier alpha value is -1.95. The summed E-state index contributed by atoms with van der Waals surface area (Å²) in [6.45, 7) is 5.04. The Balaban J connectivity index is 1.86. The summed E-state index contributed by atoms with van der Waals surface area (Å²) in [7, 11) is 0. The lowest BCUT2D eigenvalue weighted by molar-refractivity contribution is -0.113. The molecule has 2 rings (SSSR count). The fourth-order valence-electron chi connectivity index (χ4n) is 2.21. The van der Waals surface area contributed by atoms with Crippen LogP contribution in [0.15, 0.2) is 4.34 Å². The van der Waals surface area contributed by atoms with Crippen molar-refractivity contribution in [3.63, 3.8) is 0 Å². The van der Waals surface area contributed by atoms with Crippen molar-refractivity contribution in [3.8, 4) is 0 Å². The van der Waals surface area contributed by atoms with Crippen LogP contribution in [0, 0.1) is 35.0 Å². The van der Waals surface area contributed by atoms with Crippen LogP contribution in [-0.2, 0) is 4.79 Å². The fraction of sp³-hybridized carbons (Fsp3) is 0.471. The normalized spacial score (nSPS) is 12.1. The number of carbonyl (C=O) groups is 1. The molecule has 0 aliphatic rings. The van der Waals surface area contributed by atoms with Crippen molar-refractivity contribution < 1.29 is 26.7 Å². The molecule has 2 N–H and O–H groups in total. The quantitative estimate of drug-likeness (QED) is 0.170. The van der Waals surface area contributed by atoms with E-state index < -0.39 is 40.7 Å². The fourth-order valence-corrected chi connectivity index (χ4v) is 3.78. The molecule has 1 amide bonds. The standard InChI is InChI=1S/C17H19F5N4OS2/c1-3-8(2)5-4-6-23-16-25-26-17(29-16)28-7-9(27)24-15-13(21)11(19)10(18)12(20)14(15)22/h8H,3-7H2,1-2H3,(H,23,25)(H,24,27)/t8-/m1/s1. The third kappa shape index (κ3) is 6.26. The van der Waals surface area contributed by atoms with Gasteiger partial charge in [0.2, 0.25) is 16.9 Å². The lowest BCUT2D eigenvalue weighted by atomic mass is 10.0. The number of hydrogen-bond donors (Lipinski definition) is 2. The third-order valence-electron chi connectivity index (χ3n) is 4.05. The van der Waals surface area contributed by atoms with Gasteiger partial charge in [-0.1, -0.05) is 43.4 Å². The number of hydrogen-bond acceptors (Lipinski definition) is 6. The Morgan fingerprint density at radius 3 is 2.31 bits per heavy atom. The number of benzene rings is 1. The minimum Gasteiger partial charge on any atom is -0.360 e. The van der Waals surface area contributed by atoms with Gasteiger partial charge in [0.1, 0.15) is 5.69 Å². The summed E-state index contributed by atoms with van der Waals surface area (Å²) in [4.78, 5) is 11.8. The molecule has 0 fully saturated rings. The van der Waals surface area contributed by atoms with Crippen molar-refractivity contribution in [1.29, 1.82) is 0 Å². The number of halogens is 5. The Morgan fingerprint density at radius 2 is 1.69 bits per heavy atom. The molecule has 0 unspecified atom stereocenters. The molecule has 0 saturated heterocycles. The highest BCUT2D eigenvalue weighted by Crippen LogP contribution is 2.29. The Labute approximate surface area is 172 Å². The minimum absolute atomic E-state index is 0.345. The second kappa shape index (κ2) is 10.7. The molecule has 0 aliphatic heterocycles. The highest BCUT2D eigenvalue weighted by molar-refractivity contribution is 8.01. The zero-order chi connectivity index (χ0) is 21.6. The highest BCUT2D eigenvalue weighted by Gasteiger charge is 2.26. The van der Waals surface area contributed by atoms with Crippen LogP contribution in [0.1, 0.15) is 33.1 Å². The molecule has 0 aliphatic carbocycles. The minimum atomic E-state index is -2.29. The SMILES string of the molecule is CC[C@@H](C)CCCNc1nnc(SCC(=O)Nc2c(F)c(F)c(F)c(F)c2F)s1. The van der Waals surface area contributed by atoms with Crippen molar-refractivity contribution in [2.75, 3.05) is 22.9 Å². The van der Waals surface area contributed by atoms with Gasteiger partial charge >= 0.3 is 0 Å². The molecule has 160 valence electrons. The summed E-state index contributed by atoms with van der Waals surface area (Å²) in [5.74, 6) is -11.4. The van der Waals surface area contributed by atoms with Gasteiger partial charge in [-0.25, -0.2) is 22.0 Å². The number of nitrogens with zero attached hydrogens (tertiary/aromatic N) is 2. The van der Waals surface area contributed by atoms with E-state index in [0.717, 1.165) is 37.6 Å². The average molecular weight is 454 g/mol. The molecule has 1 heterocycles. The van der Waals surface area contributed by atoms with E-state index in [1.165, 1.54) is 11.3 Å². The molecular formula is C17H19F5N4OS2. The predicted molar refractivity (Wildman–Crippen MR) is 103 cm³/mol. The zero-order valence-electron chi connectivity index (χ0n) is 15.6. The monoisotopic (exact) mass is 454 g/mol. The summed E-state index contributed by atoms with van der Waals surface area (Å²) in [6, 6.07) is 0. The van der Waals surface area contributed by atoms with Gasteiger partial charge in [0, 0.05) is 6.54 Å². The third-order valence-corrected chi connectivity index (χ3v) is 6.07. The van der Waals surface area contributed by atoms with Gasteiger partial charge in [0.25, 0.3) is 0 Å². The largest absolute Gasteiger partial charge is 0.360 e. The lowest BCUT2D eigenvalue weighted by Crippen LogP contribution is -2.18. The Morgan fingerprint density at radius 1 is 1.07 bits per heavy atom. The molecule has 5 nitrogen and oxygen atoms in total. The van der Waals surface area contributed by atoms with E-state index in [0.29, 0.717) is 15.4 Å². The van der Waals surface area contributed by atoms with Crippen molar-refractivity contribution in [1.82, 2.24) is 10.2 Å². The van der Waals surface area contributed by atoms with Crippen LogP contribution in [-0.4, -0.2) is 28.4 Å². The zero-order valence-corrected chi connectivity index (χ0v) is 17.3. The molecule has 0 radical (unpaired) electrons. The van der Waals surface area contributed by atoms with E-state index in [1.807, 2.05) is 0 Å². The molecule has 2 aromatic rings. The number of rotatable bonds is 10. The number of aromatic nitrogens is 2. The van der Waals surface area contributed by atoms with Crippen LogP contribution in [0.3, 0.4) is 0 Å². The molecule has 1 atom stereocenters. The first kappa shape index (κ1) is 23.3. The van der Waals surface area contributed by atoms with Gasteiger partial charge in [0.15, 0.2) is 27.6 Å². The van der Waals surface area contributed by atoms with Crippen molar-refractivity contribution >= 4 is 39.8 Å². The maximum atomic E-state index is 13.6. The predicted octanol–water partition coefficient (Wildman–Crippen LogP) is 5.20. The average Bonchev–Trinajstić information content (AvgIpc) is 3.17. The van der Waals surface area contributed by atoms with E-state index in [-0.39, 0.29) is 5.75 Å². The van der Waals surface area contributed by atoms with Crippen LogP contribution >= 0.6 is 23.1 Å². The van der Waals surface area contributed by atoms with Gasteiger partial charge in [-0.2, -0.15) is 0 Å².